The van der Waals surface area contributed by atoms with Crippen molar-refractivity contribution in [1.29, 1.82) is 0 Å². The lowest BCUT2D eigenvalue weighted by Gasteiger charge is -1.68. The number of unbranched alkanes of at least 4 members (excludes halogenated alkanes) is 4. The van der Waals surface area contributed by atoms with Crippen LogP contribution in [0.3, 0.4) is 0 Å². The molecular weight excluding hydrogens is 204 g/mol. The molecule has 0 aliphatic heterocycles. The molecule has 0 aromatic rings. The van der Waals surface area contributed by atoms with Crippen molar-refractivity contribution >= 4 is 0 Å². The largest absolute Gasteiger partial charge is 0.0654 e. The summed E-state index contributed by atoms with van der Waals surface area (Å²) in [6.45, 7) is 17.4. The van der Waals surface area contributed by atoms with Crippen LogP contribution < -0.4 is 0 Å². The molecule has 0 heteroatoms. The minimum absolute atomic E-state index is 0. The molecule has 0 spiro atoms. The lowest BCUT2D eigenvalue weighted by Crippen LogP contribution is -1.47. The summed E-state index contributed by atoms with van der Waals surface area (Å²) in [6, 6.07) is 0. The highest BCUT2D eigenvalue weighted by Gasteiger charge is 1.57. The van der Waals surface area contributed by atoms with Gasteiger partial charge in [-0.3, -0.25) is 0 Å². The Morgan fingerprint density at radius 3 is 0.353 bits per heavy atom. The fourth-order valence-electron chi connectivity index (χ4n) is 0. The normalized spacial score (nSPS) is 7.06. The van der Waals surface area contributed by atoms with Crippen molar-refractivity contribution in [3.8, 4) is 0 Å². The van der Waals surface area contributed by atoms with E-state index in [1.807, 2.05) is 0 Å². The van der Waals surface area contributed by atoms with Crippen LogP contribution in [-0.4, -0.2) is 0 Å². The first-order chi connectivity index (χ1) is 7.66. The average molecular weight is 245 g/mol. The second kappa shape index (κ2) is 56.2. The standard InChI is InChI=1S/4C4H10.C/c4*1-3-4-2;/h4*3-4H2,1-2H3;. The lowest BCUT2D eigenvalue weighted by atomic mass is 10.4. The maximum atomic E-state index is 2.18. The highest BCUT2D eigenvalue weighted by Crippen LogP contribution is 1.77. The van der Waals surface area contributed by atoms with Gasteiger partial charge in [-0.05, 0) is 0 Å². The molecule has 0 saturated carbocycles. The van der Waals surface area contributed by atoms with Gasteiger partial charge in [-0.1, -0.05) is 107 Å². The number of hydrogen-bond acceptors (Lipinski definition) is 0. The summed E-state index contributed by atoms with van der Waals surface area (Å²) in [6.07, 6.45) is 10.6. The fraction of sp³-hybridized carbons (Fsp3) is 0.941. The van der Waals surface area contributed by atoms with Gasteiger partial charge in [-0.25, -0.2) is 0 Å². The zero-order chi connectivity index (χ0) is 13.7. The Hall–Kier alpha value is 0. The third kappa shape index (κ3) is 196. The summed E-state index contributed by atoms with van der Waals surface area (Å²) in [7, 11) is 0. The minimum atomic E-state index is 0. The highest BCUT2D eigenvalue weighted by molar-refractivity contribution is 4.13. The summed E-state index contributed by atoms with van der Waals surface area (Å²) < 4.78 is 0. The van der Waals surface area contributed by atoms with Crippen molar-refractivity contribution in [3.63, 3.8) is 0 Å². The van der Waals surface area contributed by atoms with Crippen molar-refractivity contribution in [3.05, 3.63) is 7.43 Å². The van der Waals surface area contributed by atoms with E-state index in [-0.39, 0.29) is 7.43 Å². The van der Waals surface area contributed by atoms with Crippen molar-refractivity contribution in [1.82, 2.24) is 0 Å². The summed E-state index contributed by atoms with van der Waals surface area (Å²) in [4.78, 5) is 0. The van der Waals surface area contributed by atoms with Crippen LogP contribution in [0.2, 0.25) is 0 Å². The summed E-state index contributed by atoms with van der Waals surface area (Å²) in [5.41, 5.74) is 0. The van der Waals surface area contributed by atoms with Gasteiger partial charge < -0.3 is 0 Å². The van der Waals surface area contributed by atoms with E-state index in [9.17, 15) is 0 Å². The molecule has 0 fully saturated rings. The molecular formula is C17H40. The predicted molar refractivity (Wildman–Crippen MR) is 85.6 cm³/mol. The zero-order valence-electron chi connectivity index (χ0n) is 14.2. The van der Waals surface area contributed by atoms with Gasteiger partial charge >= 0.3 is 0 Å². The smallest absolute Gasteiger partial charge is 0 e. The molecule has 0 aliphatic rings. The van der Waals surface area contributed by atoms with Crippen LogP contribution >= 0.6 is 0 Å². The molecule has 0 aromatic carbocycles. The molecule has 0 unspecified atom stereocenters. The fourth-order valence-corrected chi connectivity index (χ4v) is 0. The second-order valence-electron chi connectivity index (χ2n) is 4.00. The third-order valence-electron chi connectivity index (χ3n) is 2.00. The van der Waals surface area contributed by atoms with Gasteiger partial charge in [0, 0.05) is 7.43 Å². The zero-order valence-corrected chi connectivity index (χ0v) is 14.2. The van der Waals surface area contributed by atoms with Gasteiger partial charge in [0.1, 0.15) is 0 Å². The Bertz CT molecular complexity index is 24.0. The van der Waals surface area contributed by atoms with Gasteiger partial charge in [0.15, 0.2) is 0 Å². The van der Waals surface area contributed by atoms with Crippen molar-refractivity contribution < 1.29 is 0 Å². The predicted octanol–water partition coefficient (Wildman–Crippen LogP) is 7.31. The first-order valence-corrected chi connectivity index (χ1v) is 7.66. The molecule has 0 saturated heterocycles. The first kappa shape index (κ1) is 30.2. The Labute approximate surface area is 115 Å². The van der Waals surface area contributed by atoms with Crippen LogP contribution in [0.5, 0.6) is 0 Å². The summed E-state index contributed by atoms with van der Waals surface area (Å²) in [5.74, 6) is 0. The van der Waals surface area contributed by atoms with E-state index in [0.29, 0.717) is 0 Å². The van der Waals surface area contributed by atoms with E-state index in [0.717, 1.165) is 0 Å². The minimum Gasteiger partial charge on any atom is -0.0654 e. The molecule has 0 rings (SSSR count). The lowest BCUT2D eigenvalue weighted by molar-refractivity contribution is 0.886. The Morgan fingerprint density at radius 1 is 0.294 bits per heavy atom. The van der Waals surface area contributed by atoms with Gasteiger partial charge in [-0.15, -0.1) is 0 Å². The molecule has 4 radical (unpaired) electrons. The molecule has 0 aliphatic carbocycles. The molecule has 108 valence electrons. The van der Waals surface area contributed by atoms with Crippen molar-refractivity contribution in [2.75, 3.05) is 0 Å². The second-order valence-corrected chi connectivity index (χ2v) is 4.00. The molecule has 0 bridgehead atoms. The van der Waals surface area contributed by atoms with Gasteiger partial charge in [0.2, 0.25) is 0 Å². The Kier molecular flexibility index (Phi) is 100. The molecule has 0 heterocycles. The van der Waals surface area contributed by atoms with Crippen LogP contribution in [0.25, 0.3) is 0 Å². The van der Waals surface area contributed by atoms with E-state index in [2.05, 4.69) is 55.4 Å². The van der Waals surface area contributed by atoms with E-state index < -0.39 is 0 Å². The molecule has 0 amide bonds. The van der Waals surface area contributed by atoms with Crippen LogP contribution in [-0.2, 0) is 0 Å². The van der Waals surface area contributed by atoms with Gasteiger partial charge in [0.25, 0.3) is 0 Å². The average Bonchev–Trinajstić information content (AvgIpc) is 2.39. The van der Waals surface area contributed by atoms with Gasteiger partial charge in [-0.2, -0.15) is 0 Å². The third-order valence-corrected chi connectivity index (χ3v) is 2.00. The first-order valence-electron chi connectivity index (χ1n) is 7.66. The van der Waals surface area contributed by atoms with Crippen molar-refractivity contribution in [2.45, 2.75) is 107 Å². The van der Waals surface area contributed by atoms with Crippen LogP contribution in [0, 0.1) is 7.43 Å². The Balaban J connectivity index is -0.0000000369. The summed E-state index contributed by atoms with van der Waals surface area (Å²) in [5, 5.41) is 0. The highest BCUT2D eigenvalue weighted by atomic mass is 13.6. The van der Waals surface area contributed by atoms with Gasteiger partial charge in [0.05, 0.1) is 0 Å². The van der Waals surface area contributed by atoms with Crippen LogP contribution in [0.1, 0.15) is 107 Å². The maximum Gasteiger partial charge on any atom is 0 e. The molecule has 0 atom stereocenters. The number of rotatable bonds is 4. The molecule has 17 heavy (non-hydrogen) atoms. The van der Waals surface area contributed by atoms with E-state index >= 15 is 0 Å². The molecule has 0 aromatic heterocycles. The topological polar surface area (TPSA) is 0 Å². The quantitative estimate of drug-likeness (QED) is 0.486. The van der Waals surface area contributed by atoms with Crippen molar-refractivity contribution in [2.24, 2.45) is 0 Å². The van der Waals surface area contributed by atoms with Crippen LogP contribution in [0.4, 0.5) is 0 Å². The number of hydrogen-bond donors (Lipinski definition) is 0. The van der Waals surface area contributed by atoms with E-state index in [1.165, 1.54) is 51.4 Å². The van der Waals surface area contributed by atoms with Crippen LogP contribution in [0.15, 0.2) is 0 Å². The van der Waals surface area contributed by atoms with E-state index in [4.69, 9.17) is 0 Å². The Morgan fingerprint density at radius 2 is 0.353 bits per heavy atom. The molecule has 0 N–H and O–H groups in total. The SMILES string of the molecule is CCCC.CCCC.CCCC.CCCC.[C]. The molecule has 0 nitrogen and oxygen atoms in total. The van der Waals surface area contributed by atoms with E-state index in [1.54, 1.807) is 0 Å². The maximum absolute atomic E-state index is 2.18. The summed E-state index contributed by atoms with van der Waals surface area (Å²) >= 11 is 0. The monoisotopic (exact) mass is 244 g/mol.